The molecule has 0 atom stereocenters. The van der Waals surface area contributed by atoms with E-state index in [1.54, 1.807) is 24.4 Å². The molecule has 0 spiro atoms. The Hall–Kier alpha value is -1.33. The molecular formula is C10H7BrClN3O. The van der Waals surface area contributed by atoms with Gasteiger partial charge in [0.15, 0.2) is 0 Å². The standard InChI is InChI=1S/C10H7BrClN3O/c11-6-3-8(14-5-6)10(16)15-7-1-2-13-9(12)4-7/h1-5,14H,(H,13,15,16). The summed E-state index contributed by atoms with van der Waals surface area (Å²) in [4.78, 5) is 18.4. The second-order valence-corrected chi connectivity index (χ2v) is 4.36. The molecular weight excluding hydrogens is 293 g/mol. The van der Waals surface area contributed by atoms with Crippen LogP contribution in [0, 0.1) is 0 Å². The van der Waals surface area contributed by atoms with E-state index < -0.39 is 0 Å². The Morgan fingerprint density at radius 3 is 2.94 bits per heavy atom. The van der Waals surface area contributed by atoms with Crippen LogP contribution in [-0.2, 0) is 0 Å². The van der Waals surface area contributed by atoms with Crippen LogP contribution in [0.5, 0.6) is 0 Å². The average molecular weight is 301 g/mol. The first kappa shape index (κ1) is 11.2. The summed E-state index contributed by atoms with van der Waals surface area (Å²) in [6.45, 7) is 0. The summed E-state index contributed by atoms with van der Waals surface area (Å²) in [5, 5.41) is 3.04. The second kappa shape index (κ2) is 4.67. The Morgan fingerprint density at radius 2 is 2.31 bits per heavy atom. The van der Waals surface area contributed by atoms with Gasteiger partial charge in [0.1, 0.15) is 10.8 Å². The number of halogens is 2. The van der Waals surface area contributed by atoms with Gasteiger partial charge in [-0.25, -0.2) is 4.98 Å². The third-order valence-electron chi connectivity index (χ3n) is 1.88. The zero-order valence-corrected chi connectivity index (χ0v) is 10.3. The van der Waals surface area contributed by atoms with Gasteiger partial charge in [-0.1, -0.05) is 11.6 Å². The van der Waals surface area contributed by atoms with Crippen LogP contribution in [0.2, 0.25) is 5.15 Å². The smallest absolute Gasteiger partial charge is 0.272 e. The summed E-state index contributed by atoms with van der Waals surface area (Å²) in [7, 11) is 0. The summed E-state index contributed by atoms with van der Waals surface area (Å²) in [5.74, 6) is -0.229. The number of nitrogens with zero attached hydrogens (tertiary/aromatic N) is 1. The molecule has 0 aliphatic rings. The van der Waals surface area contributed by atoms with Gasteiger partial charge in [0.2, 0.25) is 0 Å². The SMILES string of the molecule is O=C(Nc1ccnc(Cl)c1)c1cc(Br)c[nH]1. The summed E-state index contributed by atoms with van der Waals surface area (Å²) >= 11 is 8.96. The fourth-order valence-electron chi connectivity index (χ4n) is 1.18. The van der Waals surface area contributed by atoms with Crippen LogP contribution in [0.1, 0.15) is 10.5 Å². The van der Waals surface area contributed by atoms with Gasteiger partial charge in [-0.15, -0.1) is 0 Å². The number of H-pyrrole nitrogens is 1. The number of anilines is 1. The number of aromatic amines is 1. The maximum atomic E-state index is 11.7. The van der Waals surface area contributed by atoms with Crippen molar-refractivity contribution in [3.8, 4) is 0 Å². The van der Waals surface area contributed by atoms with Crippen molar-refractivity contribution in [2.45, 2.75) is 0 Å². The molecule has 0 radical (unpaired) electrons. The molecule has 0 saturated heterocycles. The molecule has 2 aromatic heterocycles. The number of hydrogen-bond acceptors (Lipinski definition) is 2. The van der Waals surface area contributed by atoms with E-state index in [-0.39, 0.29) is 5.91 Å². The third kappa shape index (κ3) is 2.62. The molecule has 0 aromatic carbocycles. The second-order valence-electron chi connectivity index (χ2n) is 3.05. The minimum atomic E-state index is -0.229. The molecule has 2 rings (SSSR count). The molecule has 0 aliphatic carbocycles. The van der Waals surface area contributed by atoms with Gasteiger partial charge >= 0.3 is 0 Å². The highest BCUT2D eigenvalue weighted by atomic mass is 79.9. The zero-order chi connectivity index (χ0) is 11.5. The fraction of sp³-hybridized carbons (Fsp3) is 0. The fourth-order valence-corrected chi connectivity index (χ4v) is 1.69. The number of nitrogens with one attached hydrogen (secondary N) is 2. The van der Waals surface area contributed by atoms with Crippen LogP contribution in [-0.4, -0.2) is 15.9 Å². The van der Waals surface area contributed by atoms with Crippen LogP contribution in [0.15, 0.2) is 35.1 Å². The highest BCUT2D eigenvalue weighted by Crippen LogP contribution is 2.15. The highest BCUT2D eigenvalue weighted by molar-refractivity contribution is 9.10. The molecule has 0 unspecified atom stereocenters. The maximum absolute atomic E-state index is 11.7. The zero-order valence-electron chi connectivity index (χ0n) is 8.00. The number of amides is 1. The molecule has 2 heterocycles. The predicted octanol–water partition coefficient (Wildman–Crippen LogP) is 3.08. The van der Waals surface area contributed by atoms with Crippen molar-refractivity contribution in [2.24, 2.45) is 0 Å². The summed E-state index contributed by atoms with van der Waals surface area (Å²) in [6, 6.07) is 4.94. The molecule has 82 valence electrons. The maximum Gasteiger partial charge on any atom is 0.272 e. The largest absolute Gasteiger partial charge is 0.356 e. The molecule has 6 heteroatoms. The van der Waals surface area contributed by atoms with Crippen molar-refractivity contribution in [3.05, 3.63) is 45.9 Å². The van der Waals surface area contributed by atoms with Gasteiger partial charge < -0.3 is 10.3 Å². The Bertz CT molecular complexity index is 526. The van der Waals surface area contributed by atoms with Gasteiger partial charge in [-0.3, -0.25) is 4.79 Å². The van der Waals surface area contributed by atoms with Crippen molar-refractivity contribution >= 4 is 39.1 Å². The number of carbonyl (C=O) groups excluding carboxylic acids is 1. The lowest BCUT2D eigenvalue weighted by Gasteiger charge is -2.02. The number of pyridine rings is 1. The number of rotatable bonds is 2. The molecule has 0 aliphatic heterocycles. The van der Waals surface area contributed by atoms with E-state index in [0.29, 0.717) is 16.5 Å². The van der Waals surface area contributed by atoms with E-state index in [9.17, 15) is 4.79 Å². The van der Waals surface area contributed by atoms with E-state index >= 15 is 0 Å². The topological polar surface area (TPSA) is 57.8 Å². The first-order valence-corrected chi connectivity index (χ1v) is 5.59. The molecule has 0 bridgehead atoms. The highest BCUT2D eigenvalue weighted by Gasteiger charge is 2.08. The van der Waals surface area contributed by atoms with Crippen LogP contribution in [0.25, 0.3) is 0 Å². The van der Waals surface area contributed by atoms with Gasteiger partial charge in [0.05, 0.1) is 0 Å². The lowest BCUT2D eigenvalue weighted by atomic mass is 10.3. The summed E-state index contributed by atoms with van der Waals surface area (Å²) in [5.41, 5.74) is 1.08. The minimum Gasteiger partial charge on any atom is -0.356 e. The molecule has 1 amide bonds. The normalized spacial score (nSPS) is 10.1. The number of hydrogen-bond donors (Lipinski definition) is 2. The molecule has 0 saturated carbocycles. The molecule has 4 nitrogen and oxygen atoms in total. The minimum absolute atomic E-state index is 0.229. The van der Waals surface area contributed by atoms with Crippen LogP contribution < -0.4 is 5.32 Å². The molecule has 0 fully saturated rings. The van der Waals surface area contributed by atoms with Crippen molar-refractivity contribution in [1.82, 2.24) is 9.97 Å². The third-order valence-corrected chi connectivity index (χ3v) is 2.54. The summed E-state index contributed by atoms with van der Waals surface area (Å²) < 4.78 is 0.824. The van der Waals surface area contributed by atoms with Gasteiger partial charge in [-0.05, 0) is 34.1 Å². The van der Waals surface area contributed by atoms with E-state index in [1.807, 2.05) is 0 Å². The molecule has 2 aromatic rings. The monoisotopic (exact) mass is 299 g/mol. The Balaban J connectivity index is 2.13. The van der Waals surface area contributed by atoms with Crippen molar-refractivity contribution in [3.63, 3.8) is 0 Å². The first-order chi connectivity index (χ1) is 7.65. The average Bonchev–Trinajstić information content (AvgIpc) is 2.65. The number of carbonyl (C=O) groups is 1. The Morgan fingerprint density at radius 1 is 1.50 bits per heavy atom. The first-order valence-electron chi connectivity index (χ1n) is 4.42. The quantitative estimate of drug-likeness (QED) is 0.837. The van der Waals surface area contributed by atoms with Crippen molar-refractivity contribution < 1.29 is 4.79 Å². The van der Waals surface area contributed by atoms with Crippen molar-refractivity contribution in [1.29, 1.82) is 0 Å². The van der Waals surface area contributed by atoms with Gasteiger partial charge in [0.25, 0.3) is 5.91 Å². The predicted molar refractivity (Wildman–Crippen MR) is 65.7 cm³/mol. The lowest BCUT2D eigenvalue weighted by molar-refractivity contribution is 0.102. The van der Waals surface area contributed by atoms with Crippen LogP contribution >= 0.6 is 27.5 Å². The van der Waals surface area contributed by atoms with Crippen LogP contribution in [0.4, 0.5) is 5.69 Å². The van der Waals surface area contributed by atoms with Crippen LogP contribution in [0.3, 0.4) is 0 Å². The lowest BCUT2D eigenvalue weighted by Crippen LogP contribution is -2.12. The molecule has 2 N–H and O–H groups in total. The van der Waals surface area contributed by atoms with E-state index in [2.05, 4.69) is 31.2 Å². The summed E-state index contributed by atoms with van der Waals surface area (Å²) in [6.07, 6.45) is 3.22. The molecule has 16 heavy (non-hydrogen) atoms. The van der Waals surface area contributed by atoms with Crippen molar-refractivity contribution in [2.75, 3.05) is 5.32 Å². The van der Waals surface area contributed by atoms with E-state index in [0.717, 1.165) is 4.47 Å². The van der Waals surface area contributed by atoms with Gasteiger partial charge in [-0.2, -0.15) is 0 Å². The van der Waals surface area contributed by atoms with Gasteiger partial charge in [0, 0.05) is 22.6 Å². The Kier molecular flexibility index (Phi) is 3.26. The number of aromatic nitrogens is 2. The Labute approximate surface area is 105 Å². The van der Waals surface area contributed by atoms with E-state index in [1.165, 1.54) is 6.20 Å². The van der Waals surface area contributed by atoms with E-state index in [4.69, 9.17) is 11.6 Å².